The average molecular weight is 388 g/mol. The molecule has 0 unspecified atom stereocenters. The molecule has 3 rings (SSSR count). The molecular weight excluding hydrogens is 362 g/mol. The van der Waals surface area contributed by atoms with Crippen molar-refractivity contribution in [3.8, 4) is 0 Å². The molecular formula is C20H25N3O3S. The first kappa shape index (κ1) is 19.4. The SMILES string of the molecule is CC(=O)N1CCc2cc(S(=O)(=O)NCCc3ccc(N(C)C)cc3)ccc21. The lowest BCUT2D eigenvalue weighted by Crippen LogP contribution is -2.26. The third kappa shape index (κ3) is 4.31. The number of hydrogen-bond donors (Lipinski definition) is 1. The van der Waals surface area contributed by atoms with E-state index in [-0.39, 0.29) is 10.8 Å². The summed E-state index contributed by atoms with van der Waals surface area (Å²) in [4.78, 5) is 15.6. The van der Waals surface area contributed by atoms with Crippen LogP contribution in [0.3, 0.4) is 0 Å². The molecule has 27 heavy (non-hydrogen) atoms. The Kier molecular flexibility index (Phi) is 5.53. The number of fused-ring (bicyclic) bond motifs is 1. The van der Waals surface area contributed by atoms with Crippen molar-refractivity contribution in [1.82, 2.24) is 4.72 Å². The van der Waals surface area contributed by atoms with Crippen LogP contribution in [-0.2, 0) is 27.7 Å². The molecule has 7 heteroatoms. The number of nitrogens with zero attached hydrogens (tertiary/aromatic N) is 2. The summed E-state index contributed by atoms with van der Waals surface area (Å²) in [5, 5.41) is 0. The van der Waals surface area contributed by atoms with Crippen molar-refractivity contribution in [2.24, 2.45) is 0 Å². The molecule has 2 aromatic rings. The van der Waals surface area contributed by atoms with Crippen molar-refractivity contribution in [2.45, 2.75) is 24.7 Å². The van der Waals surface area contributed by atoms with Gasteiger partial charge in [-0.25, -0.2) is 13.1 Å². The van der Waals surface area contributed by atoms with E-state index in [0.29, 0.717) is 25.9 Å². The summed E-state index contributed by atoms with van der Waals surface area (Å²) in [5.41, 5.74) is 3.89. The van der Waals surface area contributed by atoms with Crippen LogP contribution in [0, 0.1) is 0 Å². The molecule has 2 aromatic carbocycles. The lowest BCUT2D eigenvalue weighted by Gasteiger charge is -2.15. The van der Waals surface area contributed by atoms with E-state index >= 15 is 0 Å². The van der Waals surface area contributed by atoms with E-state index in [0.717, 1.165) is 22.5 Å². The van der Waals surface area contributed by atoms with Crippen molar-refractivity contribution in [2.75, 3.05) is 37.0 Å². The van der Waals surface area contributed by atoms with E-state index in [1.807, 2.05) is 43.3 Å². The number of benzene rings is 2. The Hall–Kier alpha value is -2.38. The minimum atomic E-state index is -3.57. The predicted molar refractivity (Wildman–Crippen MR) is 108 cm³/mol. The third-order valence-corrected chi connectivity index (χ3v) is 6.25. The zero-order valence-corrected chi connectivity index (χ0v) is 16.7. The topological polar surface area (TPSA) is 69.7 Å². The zero-order chi connectivity index (χ0) is 19.6. The third-order valence-electron chi connectivity index (χ3n) is 4.80. The van der Waals surface area contributed by atoms with Gasteiger partial charge in [0.15, 0.2) is 0 Å². The summed E-state index contributed by atoms with van der Waals surface area (Å²) in [7, 11) is 0.390. The van der Waals surface area contributed by atoms with Crippen LogP contribution in [-0.4, -0.2) is 41.5 Å². The summed E-state index contributed by atoms with van der Waals surface area (Å²) in [6.07, 6.45) is 1.30. The van der Waals surface area contributed by atoms with Gasteiger partial charge in [-0.05, 0) is 54.3 Å². The van der Waals surface area contributed by atoms with Gasteiger partial charge in [-0.15, -0.1) is 0 Å². The average Bonchev–Trinajstić information content (AvgIpc) is 3.05. The van der Waals surface area contributed by atoms with Crippen LogP contribution in [0.1, 0.15) is 18.1 Å². The first-order valence-corrected chi connectivity index (χ1v) is 10.4. The fourth-order valence-electron chi connectivity index (χ4n) is 3.25. The van der Waals surface area contributed by atoms with Gasteiger partial charge < -0.3 is 9.80 Å². The van der Waals surface area contributed by atoms with Crippen molar-refractivity contribution in [3.05, 3.63) is 53.6 Å². The largest absolute Gasteiger partial charge is 0.378 e. The van der Waals surface area contributed by atoms with E-state index in [1.165, 1.54) is 6.92 Å². The molecule has 0 radical (unpaired) electrons. The van der Waals surface area contributed by atoms with Crippen LogP contribution >= 0.6 is 0 Å². The minimum Gasteiger partial charge on any atom is -0.378 e. The lowest BCUT2D eigenvalue weighted by molar-refractivity contribution is -0.116. The molecule has 0 spiro atoms. The van der Waals surface area contributed by atoms with Gasteiger partial charge in [0, 0.05) is 45.5 Å². The molecule has 0 saturated carbocycles. The van der Waals surface area contributed by atoms with Gasteiger partial charge in [0.05, 0.1) is 4.90 Å². The fraction of sp³-hybridized carbons (Fsp3) is 0.350. The molecule has 0 fully saturated rings. The second-order valence-electron chi connectivity index (χ2n) is 6.92. The van der Waals surface area contributed by atoms with Gasteiger partial charge in [-0.2, -0.15) is 0 Å². The second-order valence-corrected chi connectivity index (χ2v) is 8.69. The molecule has 6 nitrogen and oxygen atoms in total. The van der Waals surface area contributed by atoms with Crippen LogP contribution in [0.25, 0.3) is 0 Å². The van der Waals surface area contributed by atoms with E-state index in [4.69, 9.17) is 0 Å². The summed E-state index contributed by atoms with van der Waals surface area (Å²) in [6, 6.07) is 13.0. The molecule has 0 atom stereocenters. The number of carbonyl (C=O) groups excluding carboxylic acids is 1. The molecule has 0 bridgehead atoms. The smallest absolute Gasteiger partial charge is 0.240 e. The van der Waals surface area contributed by atoms with Gasteiger partial charge in [0.2, 0.25) is 15.9 Å². The number of amides is 1. The molecule has 144 valence electrons. The van der Waals surface area contributed by atoms with E-state index in [1.54, 1.807) is 23.1 Å². The van der Waals surface area contributed by atoms with Crippen molar-refractivity contribution in [1.29, 1.82) is 0 Å². The Morgan fingerprint density at radius 2 is 1.85 bits per heavy atom. The van der Waals surface area contributed by atoms with Crippen LogP contribution in [0.15, 0.2) is 47.4 Å². The number of hydrogen-bond acceptors (Lipinski definition) is 4. The van der Waals surface area contributed by atoms with Gasteiger partial charge in [-0.3, -0.25) is 4.79 Å². The van der Waals surface area contributed by atoms with E-state index in [9.17, 15) is 13.2 Å². The minimum absolute atomic E-state index is 0.0252. The maximum atomic E-state index is 12.6. The maximum absolute atomic E-state index is 12.6. The van der Waals surface area contributed by atoms with E-state index < -0.39 is 10.0 Å². The molecule has 1 amide bonds. The highest BCUT2D eigenvalue weighted by Crippen LogP contribution is 2.30. The molecule has 0 saturated heterocycles. The molecule has 1 aliphatic heterocycles. The van der Waals surface area contributed by atoms with Gasteiger partial charge in [0.1, 0.15) is 0 Å². The van der Waals surface area contributed by atoms with Crippen LogP contribution in [0.5, 0.6) is 0 Å². The van der Waals surface area contributed by atoms with Crippen molar-refractivity contribution in [3.63, 3.8) is 0 Å². The maximum Gasteiger partial charge on any atom is 0.240 e. The fourth-order valence-corrected chi connectivity index (χ4v) is 4.33. The second kappa shape index (κ2) is 7.70. The van der Waals surface area contributed by atoms with Crippen LogP contribution in [0.2, 0.25) is 0 Å². The Morgan fingerprint density at radius 1 is 1.15 bits per heavy atom. The number of anilines is 2. The molecule has 1 heterocycles. The highest BCUT2D eigenvalue weighted by molar-refractivity contribution is 7.89. The zero-order valence-electron chi connectivity index (χ0n) is 15.9. The standard InChI is InChI=1S/C20H25N3O3S/c1-15(24)23-13-11-17-14-19(8-9-20(17)23)27(25,26)21-12-10-16-4-6-18(7-5-16)22(2)3/h4-9,14,21H,10-13H2,1-3H3. The summed E-state index contributed by atoms with van der Waals surface area (Å²) in [6.45, 7) is 2.46. The molecule has 0 aromatic heterocycles. The van der Waals surface area contributed by atoms with Gasteiger partial charge in [-0.1, -0.05) is 12.1 Å². The predicted octanol–water partition coefficient (Wildman–Crippen LogP) is 2.18. The molecule has 0 aliphatic carbocycles. The highest BCUT2D eigenvalue weighted by atomic mass is 32.2. The number of rotatable bonds is 6. The summed E-state index contributed by atoms with van der Waals surface area (Å²) in [5.74, 6) is -0.0252. The summed E-state index contributed by atoms with van der Waals surface area (Å²) < 4.78 is 27.8. The first-order valence-electron chi connectivity index (χ1n) is 8.95. The number of carbonyl (C=O) groups is 1. The Morgan fingerprint density at radius 3 is 2.48 bits per heavy atom. The van der Waals surface area contributed by atoms with E-state index in [2.05, 4.69) is 4.72 Å². The highest BCUT2D eigenvalue weighted by Gasteiger charge is 2.24. The van der Waals surface area contributed by atoms with Crippen LogP contribution in [0.4, 0.5) is 11.4 Å². The summed E-state index contributed by atoms with van der Waals surface area (Å²) >= 11 is 0. The Labute approximate surface area is 160 Å². The molecule has 1 aliphatic rings. The quantitative estimate of drug-likeness (QED) is 0.825. The normalized spacial score (nSPS) is 13.5. The Balaban J connectivity index is 1.64. The number of sulfonamides is 1. The van der Waals surface area contributed by atoms with Crippen molar-refractivity contribution < 1.29 is 13.2 Å². The number of nitrogens with one attached hydrogen (secondary N) is 1. The Bertz CT molecular complexity index is 937. The van der Waals surface area contributed by atoms with Crippen molar-refractivity contribution >= 4 is 27.3 Å². The monoisotopic (exact) mass is 387 g/mol. The first-order chi connectivity index (χ1) is 12.8. The molecule has 1 N–H and O–H groups in total. The lowest BCUT2D eigenvalue weighted by atomic mass is 10.1. The van der Waals surface area contributed by atoms with Gasteiger partial charge >= 0.3 is 0 Å². The van der Waals surface area contributed by atoms with Crippen LogP contribution < -0.4 is 14.5 Å². The van der Waals surface area contributed by atoms with Gasteiger partial charge in [0.25, 0.3) is 0 Å².